The number of hydrogen-bond acceptors (Lipinski definition) is 4. The Morgan fingerprint density at radius 1 is 1.30 bits per heavy atom. The van der Waals surface area contributed by atoms with Crippen molar-refractivity contribution in [2.45, 2.75) is 50.5 Å². The van der Waals surface area contributed by atoms with Crippen LogP contribution in [0.15, 0.2) is 6.20 Å². The Morgan fingerprint density at radius 3 is 2.74 bits per heavy atom. The summed E-state index contributed by atoms with van der Waals surface area (Å²) in [5, 5.41) is 22.7. The molecule has 2 atom stereocenters. The highest BCUT2D eigenvalue weighted by Crippen LogP contribution is 2.33. The number of aliphatic carboxylic acids is 1. The fourth-order valence-corrected chi connectivity index (χ4v) is 3.71. The maximum Gasteiger partial charge on any atom is 0.317 e. The number of carboxylic acids is 1. The fourth-order valence-electron chi connectivity index (χ4n) is 3.71. The summed E-state index contributed by atoms with van der Waals surface area (Å²) in [6, 6.07) is 0.165. The summed E-state index contributed by atoms with van der Waals surface area (Å²) in [6.07, 6.45) is 7.27. The molecule has 0 bridgehead atoms. The van der Waals surface area contributed by atoms with Gasteiger partial charge in [0.25, 0.3) is 0 Å². The summed E-state index contributed by atoms with van der Waals surface area (Å²) in [5.74, 6) is -1.06. The van der Waals surface area contributed by atoms with E-state index in [0.29, 0.717) is 13.1 Å². The minimum Gasteiger partial charge on any atom is -0.481 e. The van der Waals surface area contributed by atoms with Crippen LogP contribution in [0, 0.1) is 5.92 Å². The first-order valence-electron chi connectivity index (χ1n) is 8.26. The predicted octanol–water partition coefficient (Wildman–Crippen LogP) is 1.34. The van der Waals surface area contributed by atoms with Gasteiger partial charge in [-0.15, -0.1) is 0 Å². The molecular weight excluding hydrogens is 298 g/mol. The third-order valence-electron chi connectivity index (χ3n) is 4.91. The van der Waals surface area contributed by atoms with Crippen molar-refractivity contribution in [2.75, 3.05) is 13.1 Å². The lowest BCUT2D eigenvalue weighted by atomic mass is 9.91. The Bertz CT molecular complexity index is 541. The second-order valence-corrected chi connectivity index (χ2v) is 6.55. The largest absolute Gasteiger partial charge is 0.481 e. The van der Waals surface area contributed by atoms with Gasteiger partial charge in [0.05, 0.1) is 18.3 Å². The number of likely N-dealkylation sites (tertiary alicyclic amines) is 1. The van der Waals surface area contributed by atoms with Crippen LogP contribution in [0.3, 0.4) is 0 Å². The predicted molar refractivity (Wildman–Crippen MR) is 81.8 cm³/mol. The number of aromatic nitrogens is 3. The molecule has 2 aliphatic rings. The number of urea groups is 1. The maximum absolute atomic E-state index is 12.5. The van der Waals surface area contributed by atoms with Gasteiger partial charge in [-0.2, -0.15) is 15.4 Å². The molecule has 1 aromatic heterocycles. The van der Waals surface area contributed by atoms with Crippen molar-refractivity contribution < 1.29 is 14.7 Å². The molecule has 0 aromatic carbocycles. The van der Waals surface area contributed by atoms with Gasteiger partial charge in [0.1, 0.15) is 0 Å². The molecule has 0 unspecified atom stereocenters. The zero-order valence-electron chi connectivity index (χ0n) is 13.1. The molecular formula is C15H23N5O3. The van der Waals surface area contributed by atoms with E-state index in [9.17, 15) is 9.59 Å². The molecule has 0 radical (unpaired) electrons. The second kappa shape index (κ2) is 6.97. The smallest absolute Gasteiger partial charge is 0.317 e. The molecule has 23 heavy (non-hydrogen) atoms. The highest BCUT2D eigenvalue weighted by molar-refractivity contribution is 5.75. The van der Waals surface area contributed by atoms with E-state index in [0.717, 1.165) is 31.4 Å². The van der Waals surface area contributed by atoms with Crippen molar-refractivity contribution in [3.05, 3.63) is 11.9 Å². The summed E-state index contributed by atoms with van der Waals surface area (Å²) in [5.41, 5.74) is 0.726. The van der Waals surface area contributed by atoms with Crippen LogP contribution in [0.4, 0.5) is 4.79 Å². The summed E-state index contributed by atoms with van der Waals surface area (Å²) in [4.78, 5) is 25.3. The molecule has 2 amide bonds. The standard InChI is InChI=1S/C15H23N5O3/c21-14(22)6-10-8-20(9-12(10)13-7-16-19-18-13)15(23)17-11-4-2-1-3-5-11/h7,10-12H,1-6,8-9H2,(H,17,23)(H,21,22)(H,16,18,19)/t10-,12+/m1/s1. The van der Waals surface area contributed by atoms with Crippen molar-refractivity contribution in [3.63, 3.8) is 0 Å². The minimum absolute atomic E-state index is 0.0325. The van der Waals surface area contributed by atoms with Crippen molar-refractivity contribution >= 4 is 12.0 Å². The average Bonchev–Trinajstić information content (AvgIpc) is 3.16. The Labute approximate surface area is 134 Å². The van der Waals surface area contributed by atoms with Crippen LogP contribution in [0.1, 0.15) is 50.1 Å². The van der Waals surface area contributed by atoms with E-state index >= 15 is 0 Å². The van der Waals surface area contributed by atoms with E-state index in [1.54, 1.807) is 11.1 Å². The number of H-pyrrole nitrogens is 1. The van der Waals surface area contributed by atoms with Gasteiger partial charge in [0.15, 0.2) is 0 Å². The van der Waals surface area contributed by atoms with E-state index < -0.39 is 5.97 Å². The molecule has 1 aromatic rings. The van der Waals surface area contributed by atoms with Crippen molar-refractivity contribution in [2.24, 2.45) is 5.92 Å². The molecule has 1 aliphatic carbocycles. The molecule has 0 spiro atoms. The van der Waals surface area contributed by atoms with Gasteiger partial charge in [-0.1, -0.05) is 19.3 Å². The number of carbonyl (C=O) groups is 2. The molecule has 126 valence electrons. The Hall–Kier alpha value is -2.12. The van der Waals surface area contributed by atoms with E-state index in [-0.39, 0.29) is 30.3 Å². The van der Waals surface area contributed by atoms with Crippen LogP contribution in [0.5, 0.6) is 0 Å². The number of carbonyl (C=O) groups excluding carboxylic acids is 1. The number of carboxylic acid groups (broad SMARTS) is 1. The van der Waals surface area contributed by atoms with E-state index in [1.165, 1.54) is 6.42 Å². The molecule has 3 rings (SSSR count). The first-order chi connectivity index (χ1) is 11.1. The van der Waals surface area contributed by atoms with Crippen LogP contribution >= 0.6 is 0 Å². The number of hydrogen-bond donors (Lipinski definition) is 3. The molecule has 8 heteroatoms. The first kappa shape index (κ1) is 15.8. The van der Waals surface area contributed by atoms with E-state index in [4.69, 9.17) is 5.11 Å². The van der Waals surface area contributed by atoms with Crippen molar-refractivity contribution in [1.29, 1.82) is 0 Å². The SMILES string of the molecule is O=C(O)C[C@@H]1CN(C(=O)NC2CCCCC2)C[C@@H]1c1cn[nH]n1. The molecule has 8 nitrogen and oxygen atoms in total. The van der Waals surface area contributed by atoms with Gasteiger partial charge in [0, 0.05) is 25.0 Å². The number of rotatable bonds is 4. The fraction of sp³-hybridized carbons (Fsp3) is 0.733. The normalized spacial score (nSPS) is 25.5. The Kier molecular flexibility index (Phi) is 4.78. The third kappa shape index (κ3) is 3.80. The summed E-state index contributed by atoms with van der Waals surface area (Å²) >= 11 is 0. The molecule has 3 N–H and O–H groups in total. The van der Waals surface area contributed by atoms with Gasteiger partial charge in [-0.25, -0.2) is 4.79 Å². The number of amides is 2. The minimum atomic E-state index is -0.849. The van der Waals surface area contributed by atoms with Gasteiger partial charge in [-0.05, 0) is 18.8 Å². The molecule has 1 aliphatic heterocycles. The van der Waals surface area contributed by atoms with Crippen LogP contribution in [-0.4, -0.2) is 56.5 Å². The summed E-state index contributed by atoms with van der Waals surface area (Å²) in [7, 11) is 0. The topological polar surface area (TPSA) is 111 Å². The highest BCUT2D eigenvalue weighted by Gasteiger charge is 2.39. The van der Waals surface area contributed by atoms with E-state index in [2.05, 4.69) is 20.7 Å². The average molecular weight is 321 g/mol. The highest BCUT2D eigenvalue weighted by atomic mass is 16.4. The molecule has 2 fully saturated rings. The van der Waals surface area contributed by atoms with Crippen LogP contribution in [0.2, 0.25) is 0 Å². The van der Waals surface area contributed by atoms with Crippen molar-refractivity contribution in [1.82, 2.24) is 25.6 Å². The van der Waals surface area contributed by atoms with Crippen molar-refractivity contribution in [3.8, 4) is 0 Å². The van der Waals surface area contributed by atoms with E-state index in [1.807, 2.05) is 0 Å². The number of nitrogens with one attached hydrogen (secondary N) is 2. The van der Waals surface area contributed by atoms with Gasteiger partial charge in [-0.3, -0.25) is 4.79 Å². The molecule has 1 saturated carbocycles. The summed E-state index contributed by atoms with van der Waals surface area (Å²) in [6.45, 7) is 0.936. The second-order valence-electron chi connectivity index (χ2n) is 6.55. The number of aromatic amines is 1. The van der Waals surface area contributed by atoms with Crippen LogP contribution in [-0.2, 0) is 4.79 Å². The van der Waals surface area contributed by atoms with Gasteiger partial charge >= 0.3 is 12.0 Å². The quantitative estimate of drug-likeness (QED) is 0.775. The Morgan fingerprint density at radius 2 is 2.09 bits per heavy atom. The van der Waals surface area contributed by atoms with Gasteiger partial charge < -0.3 is 15.3 Å². The zero-order chi connectivity index (χ0) is 16.2. The monoisotopic (exact) mass is 321 g/mol. The lowest BCUT2D eigenvalue weighted by Crippen LogP contribution is -2.44. The Balaban J connectivity index is 1.64. The lowest BCUT2D eigenvalue weighted by molar-refractivity contribution is -0.138. The molecule has 1 saturated heterocycles. The van der Waals surface area contributed by atoms with Crippen LogP contribution in [0.25, 0.3) is 0 Å². The number of nitrogens with zero attached hydrogens (tertiary/aromatic N) is 3. The lowest BCUT2D eigenvalue weighted by Gasteiger charge is -2.26. The first-order valence-corrected chi connectivity index (χ1v) is 8.26. The zero-order valence-corrected chi connectivity index (χ0v) is 13.1. The molecule has 2 heterocycles. The van der Waals surface area contributed by atoms with Gasteiger partial charge in [0.2, 0.25) is 0 Å². The maximum atomic E-state index is 12.5. The summed E-state index contributed by atoms with van der Waals surface area (Å²) < 4.78 is 0. The van der Waals surface area contributed by atoms with Crippen LogP contribution < -0.4 is 5.32 Å². The third-order valence-corrected chi connectivity index (χ3v) is 4.91.